The lowest BCUT2D eigenvalue weighted by Gasteiger charge is -2.38. The Kier molecular flexibility index (Phi) is 6.58. The van der Waals surface area contributed by atoms with Crippen molar-refractivity contribution >= 4 is 11.6 Å². The fraction of sp³-hybridized carbons (Fsp3) is 0.286. The molecule has 0 aliphatic carbocycles. The number of benzene rings is 2. The van der Waals surface area contributed by atoms with Gasteiger partial charge >= 0.3 is 0 Å². The van der Waals surface area contributed by atoms with Crippen molar-refractivity contribution in [3.05, 3.63) is 71.2 Å². The lowest BCUT2D eigenvalue weighted by Crippen LogP contribution is -2.33. The summed E-state index contributed by atoms with van der Waals surface area (Å²) in [5, 5.41) is 8.86. The summed E-state index contributed by atoms with van der Waals surface area (Å²) in [6, 6.07) is 9.41. The first-order valence-corrected chi connectivity index (χ1v) is 8.87. The van der Waals surface area contributed by atoms with Crippen LogP contribution in [0.5, 0.6) is 5.75 Å². The Morgan fingerprint density at radius 3 is 2.70 bits per heavy atom. The molecular weight excluding hydrogens is 347 g/mol. The Morgan fingerprint density at radius 1 is 1.37 bits per heavy atom. The molecule has 0 aromatic heterocycles. The molecule has 2 aromatic carbocycles. The first kappa shape index (κ1) is 20.5. The van der Waals surface area contributed by atoms with Crippen LogP contribution in [0.3, 0.4) is 0 Å². The highest BCUT2D eigenvalue weighted by molar-refractivity contribution is 5.95. The van der Waals surface area contributed by atoms with Crippen molar-refractivity contribution in [2.45, 2.75) is 33.7 Å². The Bertz CT molecular complexity index is 842. The van der Waals surface area contributed by atoms with Gasteiger partial charge in [0.15, 0.2) is 0 Å². The van der Waals surface area contributed by atoms with Crippen LogP contribution in [0, 0.1) is 12.7 Å². The van der Waals surface area contributed by atoms with Gasteiger partial charge in [-0.25, -0.2) is 9.87 Å². The van der Waals surface area contributed by atoms with Crippen LogP contribution in [0.25, 0.3) is 0 Å². The lowest BCUT2D eigenvalue weighted by atomic mass is 9.98. The summed E-state index contributed by atoms with van der Waals surface area (Å²) in [6.45, 7) is 12.0. The standard InChI is InChI=1S/C19H19FN2O3.C2H6.2H2/c1-11-5-4-6-15(20)18(11)13(3)22-12(2)10-25-17-8-7-14(9-16(17)22)19(23)21-24;1-2;;/h4-9,13,24H,2,10H2,1,3H3,(H,21,23);1-2H3;2*1H. The van der Waals surface area contributed by atoms with Crippen molar-refractivity contribution in [1.82, 2.24) is 5.48 Å². The average Bonchev–Trinajstić information content (AvgIpc) is 2.68. The first-order valence-electron chi connectivity index (χ1n) is 8.87. The molecule has 1 heterocycles. The SMILES string of the molecule is C=C1COc2ccc(C(=O)NO)cc2N1C(C)c1c(C)cccc1F.CC.[HH].[HH]. The molecule has 0 radical (unpaired) electrons. The molecule has 0 saturated heterocycles. The second-order valence-electron chi connectivity index (χ2n) is 5.99. The van der Waals surface area contributed by atoms with Gasteiger partial charge in [-0.3, -0.25) is 10.0 Å². The molecule has 1 aliphatic heterocycles. The minimum absolute atomic E-state index is 0. The van der Waals surface area contributed by atoms with Crippen LogP contribution in [-0.2, 0) is 0 Å². The van der Waals surface area contributed by atoms with Gasteiger partial charge < -0.3 is 9.64 Å². The predicted octanol–water partition coefficient (Wildman–Crippen LogP) is 5.25. The summed E-state index contributed by atoms with van der Waals surface area (Å²) in [5.74, 6) is -0.353. The van der Waals surface area contributed by atoms with Gasteiger partial charge in [-0.15, -0.1) is 0 Å². The molecule has 6 heteroatoms. The summed E-state index contributed by atoms with van der Waals surface area (Å²) in [7, 11) is 0. The van der Waals surface area contributed by atoms with Gasteiger partial charge in [0.2, 0.25) is 0 Å². The van der Waals surface area contributed by atoms with Gasteiger partial charge in [0.25, 0.3) is 5.91 Å². The number of ether oxygens (including phenoxy) is 1. The fourth-order valence-corrected chi connectivity index (χ4v) is 3.22. The first-order chi connectivity index (χ1) is 12.9. The molecule has 1 unspecified atom stereocenters. The number of hydrogen-bond donors (Lipinski definition) is 2. The van der Waals surface area contributed by atoms with Crippen molar-refractivity contribution in [3.63, 3.8) is 0 Å². The number of halogens is 1. The number of carbonyl (C=O) groups is 1. The minimum Gasteiger partial charge on any atom is -0.485 e. The van der Waals surface area contributed by atoms with Crippen molar-refractivity contribution in [2.75, 3.05) is 11.5 Å². The summed E-state index contributed by atoms with van der Waals surface area (Å²) in [4.78, 5) is 13.6. The highest BCUT2D eigenvalue weighted by Gasteiger charge is 2.29. The van der Waals surface area contributed by atoms with Crippen LogP contribution in [0.1, 0.15) is 51.2 Å². The van der Waals surface area contributed by atoms with E-state index in [4.69, 9.17) is 9.94 Å². The van der Waals surface area contributed by atoms with Crippen molar-refractivity contribution < 1.29 is 22.0 Å². The third-order valence-corrected chi connectivity index (χ3v) is 4.39. The van der Waals surface area contributed by atoms with E-state index in [0.717, 1.165) is 5.56 Å². The fourth-order valence-electron chi connectivity index (χ4n) is 3.22. The molecule has 0 bridgehead atoms. The zero-order chi connectivity index (χ0) is 20.1. The number of fused-ring (bicyclic) bond motifs is 1. The highest BCUT2D eigenvalue weighted by atomic mass is 19.1. The quantitative estimate of drug-likeness (QED) is 0.568. The molecule has 2 aromatic rings. The third kappa shape index (κ3) is 3.95. The highest BCUT2D eigenvalue weighted by Crippen LogP contribution is 2.42. The van der Waals surface area contributed by atoms with Gasteiger partial charge in [0.1, 0.15) is 18.2 Å². The number of nitrogens with zero attached hydrogens (tertiary/aromatic N) is 1. The van der Waals surface area contributed by atoms with Crippen LogP contribution < -0.4 is 15.1 Å². The molecule has 3 rings (SSSR count). The van der Waals surface area contributed by atoms with Gasteiger partial charge in [0, 0.05) is 19.7 Å². The van der Waals surface area contributed by atoms with Crippen LogP contribution in [-0.4, -0.2) is 17.7 Å². The van der Waals surface area contributed by atoms with Crippen LogP contribution in [0.2, 0.25) is 0 Å². The summed E-state index contributed by atoms with van der Waals surface area (Å²) >= 11 is 0. The summed E-state index contributed by atoms with van der Waals surface area (Å²) in [5.41, 5.74) is 4.53. The van der Waals surface area contributed by atoms with Gasteiger partial charge in [-0.1, -0.05) is 32.6 Å². The maximum absolute atomic E-state index is 14.4. The monoisotopic (exact) mass is 376 g/mol. The van der Waals surface area contributed by atoms with E-state index < -0.39 is 5.91 Å². The van der Waals surface area contributed by atoms with E-state index in [2.05, 4.69) is 6.58 Å². The van der Waals surface area contributed by atoms with E-state index in [1.165, 1.54) is 6.07 Å². The third-order valence-electron chi connectivity index (χ3n) is 4.39. The van der Waals surface area contributed by atoms with E-state index in [1.807, 2.05) is 38.7 Å². The minimum atomic E-state index is -0.631. The molecule has 148 valence electrons. The number of anilines is 1. The Balaban J connectivity index is 0.00000190. The second kappa shape index (κ2) is 8.68. The maximum atomic E-state index is 14.4. The van der Waals surface area contributed by atoms with Gasteiger partial charge in [-0.05, 0) is 43.7 Å². The Labute approximate surface area is 162 Å². The molecule has 5 nitrogen and oxygen atoms in total. The molecular formula is C21H29FN2O3. The smallest absolute Gasteiger partial charge is 0.274 e. The summed E-state index contributed by atoms with van der Waals surface area (Å²) < 4.78 is 20.1. The normalized spacial score (nSPS) is 13.7. The molecule has 2 N–H and O–H groups in total. The topological polar surface area (TPSA) is 61.8 Å². The van der Waals surface area contributed by atoms with E-state index in [0.29, 0.717) is 22.7 Å². The molecule has 1 atom stereocenters. The lowest BCUT2D eigenvalue weighted by molar-refractivity contribution is 0.0706. The van der Waals surface area contributed by atoms with Crippen LogP contribution in [0.15, 0.2) is 48.7 Å². The zero-order valence-corrected chi connectivity index (χ0v) is 16.0. The van der Waals surface area contributed by atoms with Crippen molar-refractivity contribution in [2.24, 2.45) is 0 Å². The van der Waals surface area contributed by atoms with E-state index in [-0.39, 0.29) is 26.9 Å². The van der Waals surface area contributed by atoms with Crippen molar-refractivity contribution in [1.29, 1.82) is 0 Å². The predicted molar refractivity (Wildman–Crippen MR) is 108 cm³/mol. The number of hydrogen-bond acceptors (Lipinski definition) is 4. The molecule has 0 saturated carbocycles. The van der Waals surface area contributed by atoms with Crippen molar-refractivity contribution in [3.8, 4) is 5.75 Å². The molecule has 1 amide bonds. The zero-order valence-electron chi connectivity index (χ0n) is 16.0. The molecule has 0 fully saturated rings. The second-order valence-corrected chi connectivity index (χ2v) is 5.99. The average molecular weight is 376 g/mol. The van der Waals surface area contributed by atoms with Crippen LogP contribution in [0.4, 0.5) is 10.1 Å². The van der Waals surface area contributed by atoms with E-state index in [1.54, 1.807) is 29.7 Å². The molecule has 0 spiro atoms. The van der Waals surface area contributed by atoms with Gasteiger partial charge in [0.05, 0.1) is 11.7 Å². The largest absolute Gasteiger partial charge is 0.485 e. The molecule has 1 aliphatic rings. The van der Waals surface area contributed by atoms with E-state index in [9.17, 15) is 9.18 Å². The Hall–Kier alpha value is -2.86. The number of rotatable bonds is 3. The molecule has 27 heavy (non-hydrogen) atoms. The Morgan fingerprint density at radius 2 is 2.07 bits per heavy atom. The maximum Gasteiger partial charge on any atom is 0.274 e. The number of amides is 1. The number of aryl methyl sites for hydroxylation is 1. The van der Waals surface area contributed by atoms with E-state index >= 15 is 0 Å². The summed E-state index contributed by atoms with van der Waals surface area (Å²) in [6.07, 6.45) is 0. The van der Waals surface area contributed by atoms with Crippen LogP contribution >= 0.6 is 0 Å². The number of carbonyl (C=O) groups excluding carboxylic acids is 1. The number of nitrogens with one attached hydrogen (secondary N) is 1. The number of hydroxylamine groups is 1. The van der Waals surface area contributed by atoms with Gasteiger partial charge in [-0.2, -0.15) is 0 Å².